The molecule has 0 aromatic carbocycles. The second-order valence-electron chi connectivity index (χ2n) is 3.78. The molecule has 0 radical (unpaired) electrons. The maximum Gasteiger partial charge on any atom is 0.157 e. The van der Waals surface area contributed by atoms with Crippen LogP contribution in [0.3, 0.4) is 0 Å². The summed E-state index contributed by atoms with van der Waals surface area (Å²) in [5.41, 5.74) is 0. The standard InChI is InChI=1S/C12H24O3/c1-4-6-7-8-9-14-12(5-2)15-10-11(3)13/h12H,4-10H2,1-3H3. The van der Waals surface area contributed by atoms with Gasteiger partial charge in [0, 0.05) is 6.61 Å². The molecule has 15 heavy (non-hydrogen) atoms. The van der Waals surface area contributed by atoms with E-state index in [-0.39, 0.29) is 18.7 Å². The third-order valence-corrected chi connectivity index (χ3v) is 2.11. The largest absolute Gasteiger partial charge is 0.353 e. The highest BCUT2D eigenvalue weighted by Gasteiger charge is 2.07. The van der Waals surface area contributed by atoms with E-state index in [2.05, 4.69) is 6.92 Å². The van der Waals surface area contributed by atoms with Crippen LogP contribution in [0.15, 0.2) is 0 Å². The van der Waals surface area contributed by atoms with E-state index in [0.29, 0.717) is 0 Å². The number of unbranched alkanes of at least 4 members (excludes halogenated alkanes) is 3. The van der Waals surface area contributed by atoms with Gasteiger partial charge in [-0.1, -0.05) is 33.1 Å². The highest BCUT2D eigenvalue weighted by atomic mass is 16.7. The summed E-state index contributed by atoms with van der Waals surface area (Å²) in [6.45, 7) is 6.60. The molecule has 0 aliphatic heterocycles. The average Bonchev–Trinajstić information content (AvgIpc) is 2.22. The highest BCUT2D eigenvalue weighted by molar-refractivity contribution is 5.76. The Morgan fingerprint density at radius 1 is 1.13 bits per heavy atom. The number of hydrogen-bond donors (Lipinski definition) is 0. The summed E-state index contributed by atoms with van der Waals surface area (Å²) < 4.78 is 10.8. The van der Waals surface area contributed by atoms with Gasteiger partial charge in [0.15, 0.2) is 12.1 Å². The Labute approximate surface area is 93.1 Å². The molecule has 0 aromatic rings. The van der Waals surface area contributed by atoms with Crippen molar-refractivity contribution in [1.82, 2.24) is 0 Å². The van der Waals surface area contributed by atoms with Crippen LogP contribution < -0.4 is 0 Å². The molecule has 0 aliphatic rings. The van der Waals surface area contributed by atoms with Crippen LogP contribution in [-0.2, 0) is 14.3 Å². The molecule has 0 saturated carbocycles. The summed E-state index contributed by atoms with van der Waals surface area (Å²) in [6.07, 6.45) is 5.36. The van der Waals surface area contributed by atoms with Gasteiger partial charge < -0.3 is 9.47 Å². The predicted molar refractivity (Wildman–Crippen MR) is 60.8 cm³/mol. The first-order valence-corrected chi connectivity index (χ1v) is 5.93. The van der Waals surface area contributed by atoms with Gasteiger partial charge in [0.2, 0.25) is 0 Å². The van der Waals surface area contributed by atoms with Crippen molar-refractivity contribution in [3.05, 3.63) is 0 Å². The van der Waals surface area contributed by atoms with E-state index in [1.165, 1.54) is 26.2 Å². The zero-order chi connectivity index (χ0) is 11.5. The molecule has 0 aromatic heterocycles. The van der Waals surface area contributed by atoms with Crippen LogP contribution in [0.25, 0.3) is 0 Å². The molecule has 0 rings (SSSR count). The first-order chi connectivity index (χ1) is 7.20. The quantitative estimate of drug-likeness (QED) is 0.416. The van der Waals surface area contributed by atoms with Crippen molar-refractivity contribution < 1.29 is 14.3 Å². The SMILES string of the molecule is CCCCCCOC(CC)OCC(C)=O. The summed E-state index contributed by atoms with van der Waals surface area (Å²) in [7, 11) is 0. The second kappa shape index (κ2) is 10.1. The Hall–Kier alpha value is -0.410. The topological polar surface area (TPSA) is 35.5 Å². The van der Waals surface area contributed by atoms with E-state index in [1.807, 2.05) is 6.92 Å². The first-order valence-electron chi connectivity index (χ1n) is 5.93. The molecular formula is C12H24O3. The second-order valence-corrected chi connectivity index (χ2v) is 3.78. The van der Waals surface area contributed by atoms with Crippen LogP contribution in [0.5, 0.6) is 0 Å². The van der Waals surface area contributed by atoms with Crippen LogP contribution in [-0.4, -0.2) is 25.3 Å². The Morgan fingerprint density at radius 3 is 2.40 bits per heavy atom. The van der Waals surface area contributed by atoms with E-state index in [9.17, 15) is 4.79 Å². The summed E-state index contributed by atoms with van der Waals surface area (Å²) in [5.74, 6) is 0.0445. The molecule has 0 spiro atoms. The van der Waals surface area contributed by atoms with Crippen molar-refractivity contribution in [2.24, 2.45) is 0 Å². The zero-order valence-electron chi connectivity index (χ0n) is 10.3. The number of carbonyl (C=O) groups excluding carboxylic acids is 1. The Bertz CT molecular complexity index is 157. The molecule has 0 aliphatic carbocycles. The van der Waals surface area contributed by atoms with Crippen LogP contribution in [0.1, 0.15) is 52.9 Å². The lowest BCUT2D eigenvalue weighted by atomic mass is 10.2. The molecule has 0 amide bonds. The van der Waals surface area contributed by atoms with Gasteiger partial charge in [-0.3, -0.25) is 4.79 Å². The van der Waals surface area contributed by atoms with Crippen LogP contribution in [0.4, 0.5) is 0 Å². The minimum atomic E-state index is -0.212. The molecule has 90 valence electrons. The van der Waals surface area contributed by atoms with Crippen LogP contribution >= 0.6 is 0 Å². The van der Waals surface area contributed by atoms with E-state index < -0.39 is 0 Å². The van der Waals surface area contributed by atoms with Gasteiger partial charge in [-0.2, -0.15) is 0 Å². The lowest BCUT2D eigenvalue weighted by molar-refractivity contribution is -0.155. The van der Waals surface area contributed by atoms with E-state index in [0.717, 1.165) is 19.4 Å². The van der Waals surface area contributed by atoms with Crippen molar-refractivity contribution in [3.8, 4) is 0 Å². The van der Waals surface area contributed by atoms with Crippen molar-refractivity contribution in [1.29, 1.82) is 0 Å². The van der Waals surface area contributed by atoms with Crippen molar-refractivity contribution in [2.75, 3.05) is 13.2 Å². The fraction of sp³-hybridized carbons (Fsp3) is 0.917. The van der Waals surface area contributed by atoms with Gasteiger partial charge in [0.05, 0.1) is 0 Å². The molecule has 3 heteroatoms. The molecule has 1 unspecified atom stereocenters. The Morgan fingerprint density at radius 2 is 1.87 bits per heavy atom. The number of hydrogen-bond acceptors (Lipinski definition) is 3. The average molecular weight is 216 g/mol. The number of carbonyl (C=O) groups is 1. The highest BCUT2D eigenvalue weighted by Crippen LogP contribution is 2.04. The number of ketones is 1. The summed E-state index contributed by atoms with van der Waals surface area (Å²) in [5, 5.41) is 0. The van der Waals surface area contributed by atoms with Gasteiger partial charge in [-0.15, -0.1) is 0 Å². The maximum absolute atomic E-state index is 10.7. The minimum absolute atomic E-state index is 0.0445. The third-order valence-electron chi connectivity index (χ3n) is 2.11. The van der Waals surface area contributed by atoms with E-state index >= 15 is 0 Å². The van der Waals surface area contributed by atoms with Gasteiger partial charge in [-0.05, 0) is 19.8 Å². The van der Waals surface area contributed by atoms with E-state index in [4.69, 9.17) is 9.47 Å². The molecule has 0 saturated heterocycles. The molecule has 1 atom stereocenters. The van der Waals surface area contributed by atoms with Gasteiger partial charge >= 0.3 is 0 Å². The van der Waals surface area contributed by atoms with Gasteiger partial charge in [-0.25, -0.2) is 0 Å². The lowest BCUT2D eigenvalue weighted by Crippen LogP contribution is -2.20. The molecule has 3 nitrogen and oxygen atoms in total. The summed E-state index contributed by atoms with van der Waals surface area (Å²) in [6, 6.07) is 0. The molecule has 0 heterocycles. The normalized spacial score (nSPS) is 12.7. The molecule has 0 N–H and O–H groups in total. The van der Waals surface area contributed by atoms with Crippen LogP contribution in [0, 0.1) is 0 Å². The van der Waals surface area contributed by atoms with Crippen molar-refractivity contribution in [2.45, 2.75) is 59.2 Å². The number of Topliss-reactive ketones (excluding diaryl/α,β-unsaturated/α-hetero) is 1. The summed E-state index contributed by atoms with van der Waals surface area (Å²) >= 11 is 0. The van der Waals surface area contributed by atoms with E-state index in [1.54, 1.807) is 0 Å². The predicted octanol–water partition coefficient (Wildman–Crippen LogP) is 2.93. The first kappa shape index (κ1) is 14.6. The van der Waals surface area contributed by atoms with Gasteiger partial charge in [0.25, 0.3) is 0 Å². The molecule has 0 bridgehead atoms. The van der Waals surface area contributed by atoms with Crippen LogP contribution in [0.2, 0.25) is 0 Å². The van der Waals surface area contributed by atoms with Crippen molar-refractivity contribution >= 4 is 5.78 Å². The smallest absolute Gasteiger partial charge is 0.157 e. The fourth-order valence-electron chi connectivity index (χ4n) is 1.24. The Balaban J connectivity index is 3.40. The Kier molecular flexibility index (Phi) is 9.84. The number of rotatable bonds is 10. The number of ether oxygens (including phenoxy) is 2. The fourth-order valence-corrected chi connectivity index (χ4v) is 1.24. The molecular weight excluding hydrogens is 192 g/mol. The lowest BCUT2D eigenvalue weighted by Gasteiger charge is -2.15. The van der Waals surface area contributed by atoms with Crippen molar-refractivity contribution in [3.63, 3.8) is 0 Å². The molecule has 0 fully saturated rings. The monoisotopic (exact) mass is 216 g/mol. The summed E-state index contributed by atoms with van der Waals surface area (Å²) in [4.78, 5) is 10.7. The minimum Gasteiger partial charge on any atom is -0.353 e. The van der Waals surface area contributed by atoms with Gasteiger partial charge in [0.1, 0.15) is 6.61 Å². The maximum atomic E-state index is 10.7. The zero-order valence-corrected chi connectivity index (χ0v) is 10.3. The third kappa shape index (κ3) is 9.88.